The minimum Gasteiger partial charge on any atom is -0.315 e. The maximum absolute atomic E-state index is 12.5. The Hall–Kier alpha value is -2.64. The van der Waals surface area contributed by atoms with Crippen molar-refractivity contribution in [1.29, 1.82) is 0 Å². The molecule has 0 saturated carbocycles. The molecule has 1 saturated heterocycles. The van der Waals surface area contributed by atoms with Crippen LogP contribution in [-0.4, -0.2) is 51.8 Å². The van der Waals surface area contributed by atoms with Crippen LogP contribution in [0.2, 0.25) is 0 Å². The van der Waals surface area contributed by atoms with Crippen molar-refractivity contribution < 1.29 is 9.63 Å². The number of nitrogens with zero attached hydrogens (tertiary/aromatic N) is 4. The van der Waals surface area contributed by atoms with Crippen molar-refractivity contribution in [3.63, 3.8) is 0 Å². The summed E-state index contributed by atoms with van der Waals surface area (Å²) in [4.78, 5) is 27.4. The third-order valence-corrected chi connectivity index (χ3v) is 5.27. The average Bonchev–Trinajstić information content (AvgIpc) is 3.34. The summed E-state index contributed by atoms with van der Waals surface area (Å²) in [7, 11) is 0. The van der Waals surface area contributed by atoms with Gasteiger partial charge in [0.2, 0.25) is 0 Å². The summed E-state index contributed by atoms with van der Waals surface area (Å²) in [5.41, 5.74) is 1.29. The van der Waals surface area contributed by atoms with Gasteiger partial charge in [0.1, 0.15) is 0 Å². The molecule has 0 aliphatic carbocycles. The van der Waals surface area contributed by atoms with E-state index in [4.69, 9.17) is 4.84 Å². The van der Waals surface area contributed by atoms with Crippen molar-refractivity contribution in [3.05, 3.63) is 65.8 Å². The number of carbonyl (C=O) groups is 1. The number of hydrogen-bond donors (Lipinski definition) is 0. The van der Waals surface area contributed by atoms with Gasteiger partial charge in [0.25, 0.3) is 0 Å². The zero-order chi connectivity index (χ0) is 17.8. The van der Waals surface area contributed by atoms with Crippen LogP contribution in [0.1, 0.15) is 5.56 Å². The van der Waals surface area contributed by atoms with E-state index in [1.165, 1.54) is 10.3 Å². The molecule has 0 N–H and O–H groups in total. The third-order valence-electron chi connectivity index (χ3n) is 4.41. The van der Waals surface area contributed by atoms with Gasteiger partial charge in [0.05, 0.1) is 11.1 Å². The molecule has 0 atom stereocenters. The van der Waals surface area contributed by atoms with Crippen LogP contribution in [0.4, 0.5) is 4.79 Å². The molecule has 0 spiro atoms. The first-order chi connectivity index (χ1) is 12.8. The molecule has 2 aromatic heterocycles. The molecular formula is C19H20N4O2S. The Morgan fingerprint density at radius 3 is 2.62 bits per heavy atom. The largest absolute Gasteiger partial charge is 0.434 e. The second kappa shape index (κ2) is 7.72. The lowest BCUT2D eigenvalue weighted by Crippen LogP contribution is -2.50. The molecule has 0 radical (unpaired) electrons. The highest BCUT2D eigenvalue weighted by atomic mass is 32.1. The summed E-state index contributed by atoms with van der Waals surface area (Å²) in [6, 6.07) is 14.3. The molecule has 6 nitrogen and oxygen atoms in total. The maximum atomic E-state index is 12.5. The standard InChI is InChI=1S/C19H20N4O2S/c24-19(25-23-9-8-20-18(23)17-7-4-14-26-17)22-12-10-21(11-13-22)15-16-5-2-1-3-6-16/h1-9,14H,10-13,15H2. The van der Waals surface area contributed by atoms with Gasteiger partial charge in [-0.2, -0.15) is 4.73 Å². The highest BCUT2D eigenvalue weighted by Crippen LogP contribution is 2.22. The molecule has 1 fully saturated rings. The first-order valence-electron chi connectivity index (χ1n) is 8.60. The van der Waals surface area contributed by atoms with Gasteiger partial charge in [-0.3, -0.25) is 4.90 Å². The number of thiophene rings is 1. The van der Waals surface area contributed by atoms with Crippen molar-refractivity contribution in [2.75, 3.05) is 26.2 Å². The van der Waals surface area contributed by atoms with Gasteiger partial charge in [0, 0.05) is 38.9 Å². The molecule has 1 amide bonds. The van der Waals surface area contributed by atoms with Crippen LogP contribution in [0.5, 0.6) is 0 Å². The third kappa shape index (κ3) is 3.79. The Morgan fingerprint density at radius 1 is 1.08 bits per heavy atom. The summed E-state index contributed by atoms with van der Waals surface area (Å²) in [5, 5.41) is 1.97. The second-order valence-corrected chi connectivity index (χ2v) is 7.11. The van der Waals surface area contributed by atoms with Crippen molar-refractivity contribution in [1.82, 2.24) is 19.5 Å². The Bertz CT molecular complexity index is 840. The topological polar surface area (TPSA) is 50.6 Å². The normalized spacial score (nSPS) is 15.2. The molecule has 134 valence electrons. The van der Waals surface area contributed by atoms with Crippen molar-refractivity contribution in [3.8, 4) is 10.7 Å². The molecule has 0 unspecified atom stereocenters. The Balaban J connectivity index is 1.32. The van der Waals surface area contributed by atoms with E-state index in [1.807, 2.05) is 23.6 Å². The zero-order valence-corrected chi connectivity index (χ0v) is 15.1. The number of hydrogen-bond acceptors (Lipinski definition) is 5. The molecule has 1 aliphatic rings. The van der Waals surface area contributed by atoms with Crippen LogP contribution in [0.25, 0.3) is 10.7 Å². The molecule has 26 heavy (non-hydrogen) atoms. The Morgan fingerprint density at radius 2 is 1.88 bits per heavy atom. The molecule has 4 rings (SSSR count). The van der Waals surface area contributed by atoms with Gasteiger partial charge in [0.15, 0.2) is 5.82 Å². The lowest BCUT2D eigenvalue weighted by Gasteiger charge is -2.33. The van der Waals surface area contributed by atoms with Gasteiger partial charge in [-0.25, -0.2) is 9.78 Å². The average molecular weight is 368 g/mol. The van der Waals surface area contributed by atoms with E-state index in [2.05, 4.69) is 34.1 Å². The Kier molecular flexibility index (Phi) is 4.99. The minimum atomic E-state index is -0.333. The number of aromatic nitrogens is 2. The van der Waals surface area contributed by atoms with E-state index < -0.39 is 0 Å². The van der Waals surface area contributed by atoms with Crippen molar-refractivity contribution in [2.45, 2.75) is 6.54 Å². The molecule has 3 heterocycles. The number of piperazine rings is 1. The summed E-state index contributed by atoms with van der Waals surface area (Å²) < 4.78 is 1.45. The van der Waals surface area contributed by atoms with E-state index in [0.29, 0.717) is 18.9 Å². The lowest BCUT2D eigenvalue weighted by atomic mass is 10.2. The van der Waals surface area contributed by atoms with Crippen LogP contribution in [0, 0.1) is 0 Å². The summed E-state index contributed by atoms with van der Waals surface area (Å²) in [6.07, 6.45) is 2.97. The monoisotopic (exact) mass is 368 g/mol. The van der Waals surface area contributed by atoms with Crippen molar-refractivity contribution in [2.24, 2.45) is 0 Å². The fourth-order valence-corrected chi connectivity index (χ4v) is 3.72. The van der Waals surface area contributed by atoms with Crippen LogP contribution in [-0.2, 0) is 6.54 Å². The Labute approximate surface area is 156 Å². The van der Waals surface area contributed by atoms with Gasteiger partial charge in [-0.15, -0.1) is 11.3 Å². The smallest absolute Gasteiger partial charge is 0.315 e. The van der Waals surface area contributed by atoms with Gasteiger partial charge < -0.3 is 9.74 Å². The molecule has 3 aromatic rings. The number of benzene rings is 1. The van der Waals surface area contributed by atoms with Crippen LogP contribution >= 0.6 is 11.3 Å². The highest BCUT2D eigenvalue weighted by molar-refractivity contribution is 7.13. The number of carbonyl (C=O) groups excluding carboxylic acids is 1. The summed E-state index contributed by atoms with van der Waals surface area (Å²) in [6.45, 7) is 3.91. The molecular weight excluding hydrogens is 348 g/mol. The van der Waals surface area contributed by atoms with Gasteiger partial charge >= 0.3 is 6.09 Å². The summed E-state index contributed by atoms with van der Waals surface area (Å²) >= 11 is 1.56. The minimum absolute atomic E-state index is 0.333. The first kappa shape index (κ1) is 16.8. The summed E-state index contributed by atoms with van der Waals surface area (Å²) in [5.74, 6) is 0.649. The number of rotatable bonds is 4. The van der Waals surface area contributed by atoms with Gasteiger partial charge in [-0.1, -0.05) is 36.4 Å². The van der Waals surface area contributed by atoms with E-state index in [1.54, 1.807) is 28.6 Å². The maximum Gasteiger partial charge on any atom is 0.434 e. The van der Waals surface area contributed by atoms with E-state index in [9.17, 15) is 4.79 Å². The lowest BCUT2D eigenvalue weighted by molar-refractivity contribution is 0.0689. The highest BCUT2D eigenvalue weighted by Gasteiger charge is 2.23. The van der Waals surface area contributed by atoms with Crippen molar-refractivity contribution >= 4 is 17.4 Å². The van der Waals surface area contributed by atoms with Gasteiger partial charge in [-0.05, 0) is 17.0 Å². The van der Waals surface area contributed by atoms with E-state index >= 15 is 0 Å². The molecule has 1 aromatic carbocycles. The predicted molar refractivity (Wildman–Crippen MR) is 101 cm³/mol. The SMILES string of the molecule is O=C(On1ccnc1-c1cccs1)N1CCN(Cc2ccccc2)CC1. The fraction of sp³-hybridized carbons (Fsp3) is 0.263. The quantitative estimate of drug-likeness (QED) is 0.710. The predicted octanol–water partition coefficient (Wildman–Crippen LogP) is 2.98. The zero-order valence-electron chi connectivity index (χ0n) is 14.3. The molecule has 1 aliphatic heterocycles. The second-order valence-electron chi connectivity index (χ2n) is 6.16. The fourth-order valence-electron chi connectivity index (χ4n) is 3.02. The van der Waals surface area contributed by atoms with E-state index in [-0.39, 0.29) is 6.09 Å². The number of imidazole rings is 1. The van der Waals surface area contributed by atoms with Crippen LogP contribution in [0.15, 0.2) is 60.2 Å². The first-order valence-corrected chi connectivity index (χ1v) is 9.48. The van der Waals surface area contributed by atoms with Crippen LogP contribution < -0.4 is 4.84 Å². The molecule has 7 heteroatoms. The van der Waals surface area contributed by atoms with Crippen LogP contribution in [0.3, 0.4) is 0 Å². The molecule has 0 bridgehead atoms. The van der Waals surface area contributed by atoms with E-state index in [0.717, 1.165) is 24.5 Å². The number of amides is 1.